The Morgan fingerprint density at radius 1 is 1.08 bits per heavy atom. The van der Waals surface area contributed by atoms with E-state index in [0.29, 0.717) is 11.3 Å². The fraction of sp³-hybridized carbons (Fsp3) is 0.167. The van der Waals surface area contributed by atoms with Crippen LogP contribution in [0.25, 0.3) is 0 Å². The van der Waals surface area contributed by atoms with E-state index in [1.165, 1.54) is 19.2 Å². The molecular formula is C18H16NNaO5S. The third-order valence-electron chi connectivity index (χ3n) is 3.97. The second kappa shape index (κ2) is 8.26. The van der Waals surface area contributed by atoms with Crippen LogP contribution in [-0.2, 0) is 21.2 Å². The minimum absolute atomic E-state index is 0. The first-order chi connectivity index (χ1) is 11.9. The van der Waals surface area contributed by atoms with E-state index in [4.69, 9.17) is 4.74 Å². The van der Waals surface area contributed by atoms with Crippen LogP contribution >= 0.6 is 0 Å². The van der Waals surface area contributed by atoms with Gasteiger partial charge in [0.25, 0.3) is 0 Å². The van der Waals surface area contributed by atoms with Gasteiger partial charge in [-0.25, -0.2) is 8.42 Å². The molecule has 8 heteroatoms. The van der Waals surface area contributed by atoms with Crippen LogP contribution < -0.4 is 39.4 Å². The number of carbonyl (C=O) groups is 1. The van der Waals surface area contributed by atoms with E-state index in [0.717, 1.165) is 4.90 Å². The Morgan fingerprint density at radius 2 is 1.69 bits per heavy atom. The van der Waals surface area contributed by atoms with Gasteiger partial charge < -0.3 is 14.7 Å². The maximum Gasteiger partial charge on any atom is 1.00 e. The van der Waals surface area contributed by atoms with Gasteiger partial charge in [-0.15, -0.1) is 0 Å². The van der Waals surface area contributed by atoms with Crippen molar-refractivity contribution in [3.05, 3.63) is 70.9 Å². The van der Waals surface area contributed by atoms with Crippen LogP contribution in [-0.4, -0.2) is 26.3 Å². The Bertz CT molecular complexity index is 924. The smallest absolute Gasteiger partial charge is 0.859 e. The first-order valence-corrected chi connectivity index (χ1v) is 9.05. The monoisotopic (exact) mass is 381 g/mol. The molecule has 0 fully saturated rings. The van der Waals surface area contributed by atoms with Gasteiger partial charge in [0, 0.05) is 6.54 Å². The van der Waals surface area contributed by atoms with Crippen LogP contribution in [0.1, 0.15) is 12.0 Å². The summed E-state index contributed by atoms with van der Waals surface area (Å²) in [4.78, 5) is 12.8. The number of amides is 1. The van der Waals surface area contributed by atoms with Crippen molar-refractivity contribution in [2.75, 3.05) is 7.11 Å². The van der Waals surface area contributed by atoms with Crippen LogP contribution in [0.4, 0.5) is 0 Å². The predicted molar refractivity (Wildman–Crippen MR) is 88.8 cm³/mol. The molecule has 1 aliphatic heterocycles. The largest absolute Gasteiger partial charge is 1.00 e. The molecule has 130 valence electrons. The van der Waals surface area contributed by atoms with Gasteiger partial charge in [-0.2, -0.15) is 0 Å². The third kappa shape index (κ3) is 3.96. The van der Waals surface area contributed by atoms with Gasteiger partial charge in [0.1, 0.15) is 5.75 Å². The summed E-state index contributed by atoms with van der Waals surface area (Å²) < 4.78 is 30.3. The van der Waals surface area contributed by atoms with Gasteiger partial charge in [-0.05, 0) is 35.7 Å². The molecule has 1 heterocycles. The van der Waals surface area contributed by atoms with E-state index in [2.05, 4.69) is 0 Å². The van der Waals surface area contributed by atoms with Gasteiger partial charge in [0.2, 0.25) is 15.7 Å². The number of sulfone groups is 1. The van der Waals surface area contributed by atoms with Gasteiger partial charge >= 0.3 is 29.6 Å². The number of hydrogen-bond donors (Lipinski definition) is 0. The van der Waals surface area contributed by atoms with Crippen LogP contribution in [0.5, 0.6) is 5.75 Å². The van der Waals surface area contributed by atoms with Gasteiger partial charge in [-0.3, -0.25) is 4.79 Å². The summed E-state index contributed by atoms with van der Waals surface area (Å²) in [5, 5.41) is 12.5. The molecule has 1 amide bonds. The summed E-state index contributed by atoms with van der Waals surface area (Å²) in [7, 11) is -2.43. The molecule has 0 atom stereocenters. The fourth-order valence-electron chi connectivity index (χ4n) is 2.60. The summed E-state index contributed by atoms with van der Waals surface area (Å²) >= 11 is 0. The number of carbonyl (C=O) groups excluding carboxylic acids is 1. The molecule has 0 aliphatic carbocycles. The van der Waals surface area contributed by atoms with E-state index in [1.54, 1.807) is 42.5 Å². The Hall–Kier alpha value is -1.80. The van der Waals surface area contributed by atoms with Crippen molar-refractivity contribution in [1.29, 1.82) is 0 Å². The maximum absolute atomic E-state index is 12.6. The van der Waals surface area contributed by atoms with E-state index >= 15 is 0 Å². The predicted octanol–water partition coefficient (Wildman–Crippen LogP) is -1.57. The van der Waals surface area contributed by atoms with E-state index in [9.17, 15) is 18.3 Å². The van der Waals surface area contributed by atoms with Gasteiger partial charge in [0.05, 0.1) is 23.3 Å². The van der Waals surface area contributed by atoms with Crippen LogP contribution in [0, 0.1) is 0 Å². The molecule has 0 unspecified atom stereocenters. The minimum atomic E-state index is -3.97. The van der Waals surface area contributed by atoms with Crippen molar-refractivity contribution in [2.24, 2.45) is 0 Å². The van der Waals surface area contributed by atoms with Crippen LogP contribution in [0.3, 0.4) is 0 Å². The SMILES string of the molecule is COc1ccc(CN2C(=O)CC(S(=O)(=O)c3ccccc3)=C2[O-])cc1.[Na+]. The maximum atomic E-state index is 12.6. The fourth-order valence-corrected chi connectivity index (χ4v) is 4.05. The zero-order chi connectivity index (χ0) is 18.0. The Kier molecular flexibility index (Phi) is 6.52. The van der Waals surface area contributed by atoms with Gasteiger partial charge in [-0.1, -0.05) is 30.3 Å². The second-order valence-corrected chi connectivity index (χ2v) is 7.52. The molecule has 3 rings (SSSR count). The van der Waals surface area contributed by atoms with Crippen molar-refractivity contribution < 1.29 is 52.6 Å². The minimum Gasteiger partial charge on any atom is -0.859 e. The standard InChI is InChI=1S/C18H17NO5S.Na/c1-24-14-9-7-13(8-10-14)12-19-17(20)11-16(18(19)21)25(22,23)15-5-3-2-4-6-15;/h2-10,21H,11-12H2,1H3;/q;+1/p-1. The van der Waals surface area contributed by atoms with E-state index < -0.39 is 28.0 Å². The molecule has 2 aromatic carbocycles. The number of benzene rings is 2. The molecule has 0 N–H and O–H groups in total. The summed E-state index contributed by atoms with van der Waals surface area (Å²) in [5.41, 5.74) is 0.709. The van der Waals surface area contributed by atoms with Crippen molar-refractivity contribution in [1.82, 2.24) is 4.90 Å². The first-order valence-electron chi connectivity index (χ1n) is 7.57. The van der Waals surface area contributed by atoms with Crippen molar-refractivity contribution in [3.8, 4) is 5.75 Å². The normalized spacial score (nSPS) is 14.3. The van der Waals surface area contributed by atoms with Crippen molar-refractivity contribution in [3.63, 3.8) is 0 Å². The zero-order valence-corrected chi connectivity index (χ0v) is 17.3. The Labute approximate surface area is 174 Å². The molecule has 6 nitrogen and oxygen atoms in total. The summed E-state index contributed by atoms with van der Waals surface area (Å²) in [6, 6.07) is 14.5. The molecule has 0 saturated carbocycles. The molecule has 0 radical (unpaired) electrons. The molecule has 0 aromatic heterocycles. The van der Waals surface area contributed by atoms with Crippen molar-refractivity contribution in [2.45, 2.75) is 17.9 Å². The second-order valence-electron chi connectivity index (χ2n) is 5.55. The summed E-state index contributed by atoms with van der Waals surface area (Å²) in [6.45, 7) is 0.0233. The first kappa shape index (κ1) is 20.5. The summed E-state index contributed by atoms with van der Waals surface area (Å²) in [5.74, 6) is -0.623. The van der Waals surface area contributed by atoms with Gasteiger partial charge in [0.15, 0.2) is 0 Å². The average molecular weight is 381 g/mol. The Balaban J connectivity index is 0.00000243. The summed E-state index contributed by atoms with van der Waals surface area (Å²) in [6.07, 6.45) is -0.411. The van der Waals surface area contributed by atoms with Crippen molar-refractivity contribution >= 4 is 15.7 Å². The third-order valence-corrected chi connectivity index (χ3v) is 5.83. The number of hydrogen-bond acceptors (Lipinski definition) is 5. The van der Waals surface area contributed by atoms with Crippen LogP contribution in [0.2, 0.25) is 0 Å². The molecular weight excluding hydrogens is 365 g/mol. The molecule has 1 aliphatic rings. The quantitative estimate of drug-likeness (QED) is 0.585. The average Bonchev–Trinajstić information content (AvgIpc) is 2.92. The molecule has 0 saturated heterocycles. The molecule has 26 heavy (non-hydrogen) atoms. The molecule has 0 bridgehead atoms. The van der Waals surface area contributed by atoms with Crippen LogP contribution in [0.15, 0.2) is 70.3 Å². The number of methoxy groups -OCH3 is 1. The number of rotatable bonds is 5. The zero-order valence-electron chi connectivity index (χ0n) is 14.5. The number of ether oxygens (including phenoxy) is 1. The number of nitrogens with zero attached hydrogens (tertiary/aromatic N) is 1. The Morgan fingerprint density at radius 3 is 2.27 bits per heavy atom. The molecule has 2 aromatic rings. The van der Waals surface area contributed by atoms with E-state index in [1.807, 2.05) is 0 Å². The molecule has 0 spiro atoms. The van der Waals surface area contributed by atoms with E-state index in [-0.39, 0.29) is 45.9 Å². The topological polar surface area (TPSA) is 86.7 Å².